The number of hydrogen-bond donors (Lipinski definition) is 0. The minimum atomic E-state index is 0.473. The summed E-state index contributed by atoms with van der Waals surface area (Å²) in [5.74, 6) is 0.992. The van der Waals surface area contributed by atoms with Gasteiger partial charge in [0.15, 0.2) is 0 Å². The van der Waals surface area contributed by atoms with E-state index in [1.807, 2.05) is 0 Å². The summed E-state index contributed by atoms with van der Waals surface area (Å²) in [5.41, 5.74) is 0.473. The Hall–Kier alpha value is 0.690. The maximum Gasteiger partial charge on any atom is 0.0274 e. The summed E-state index contributed by atoms with van der Waals surface area (Å²) >= 11 is 2.55. The van der Waals surface area contributed by atoms with E-state index in [4.69, 9.17) is 0 Å². The monoisotopic (exact) mass is 279 g/mol. The van der Waals surface area contributed by atoms with Gasteiger partial charge in [0.1, 0.15) is 0 Å². The molecule has 0 aromatic rings. The topological polar surface area (TPSA) is 3.24 Å². The largest absolute Gasteiger partial charge is 0.241 e. The Labute approximate surface area is 89.4 Å². The summed E-state index contributed by atoms with van der Waals surface area (Å²) in [5, 5.41) is 0. The summed E-state index contributed by atoms with van der Waals surface area (Å²) in [6.07, 6.45) is 4.39. The lowest BCUT2D eigenvalue weighted by Crippen LogP contribution is -2.42. The Morgan fingerprint density at radius 2 is 1.92 bits per heavy atom. The summed E-state index contributed by atoms with van der Waals surface area (Å²) in [7, 11) is 0. The van der Waals surface area contributed by atoms with E-state index in [9.17, 15) is 0 Å². The number of nitrogens with zero attached hydrogens (tertiary/aromatic N) is 1. The highest BCUT2D eigenvalue weighted by atomic mass is 127. The van der Waals surface area contributed by atoms with Crippen molar-refractivity contribution < 1.29 is 0 Å². The highest BCUT2D eigenvalue weighted by Gasteiger charge is 2.49. The molecule has 70 valence electrons. The average molecular weight is 279 g/mol. The molecule has 1 saturated carbocycles. The first kappa shape index (κ1) is 9.25. The highest BCUT2D eigenvalue weighted by molar-refractivity contribution is 14.1. The van der Waals surface area contributed by atoms with Gasteiger partial charge in [0.05, 0.1) is 0 Å². The van der Waals surface area contributed by atoms with Crippen LogP contribution >= 0.6 is 22.9 Å². The summed E-state index contributed by atoms with van der Waals surface area (Å²) in [6, 6.07) is 1.73. The first-order valence-corrected chi connectivity index (χ1v) is 5.91. The zero-order valence-corrected chi connectivity index (χ0v) is 10.3. The Balaban J connectivity index is 2.17. The molecule has 1 saturated heterocycles. The molecular weight excluding hydrogens is 261 g/mol. The van der Waals surface area contributed by atoms with Crippen molar-refractivity contribution in [2.45, 2.75) is 52.1 Å². The molecule has 0 aromatic heterocycles. The van der Waals surface area contributed by atoms with Gasteiger partial charge in [0.25, 0.3) is 0 Å². The average Bonchev–Trinajstić information content (AvgIpc) is 2.42. The van der Waals surface area contributed by atoms with Crippen molar-refractivity contribution in [2.24, 2.45) is 11.3 Å². The van der Waals surface area contributed by atoms with Crippen LogP contribution in [0.15, 0.2) is 0 Å². The maximum atomic E-state index is 2.60. The molecule has 1 unspecified atom stereocenters. The quantitative estimate of drug-likeness (QED) is 0.486. The fourth-order valence-corrected chi connectivity index (χ4v) is 4.80. The Bertz CT molecular complexity index is 183. The first-order chi connectivity index (χ1) is 5.50. The van der Waals surface area contributed by atoms with Crippen molar-refractivity contribution in [3.8, 4) is 0 Å². The third-order valence-corrected chi connectivity index (χ3v) is 4.78. The SMILES string of the molecule is CC(C)(C)C1[C@H]2CC[C@H](C2)N1I. The predicted molar refractivity (Wildman–Crippen MR) is 60.2 cm³/mol. The second-order valence-corrected chi connectivity index (χ2v) is 6.50. The lowest BCUT2D eigenvalue weighted by atomic mass is 9.79. The van der Waals surface area contributed by atoms with Crippen LogP contribution in [-0.4, -0.2) is 15.2 Å². The van der Waals surface area contributed by atoms with Gasteiger partial charge in [-0.05, 0) is 30.6 Å². The normalized spacial score (nSPS) is 42.5. The number of piperidine rings is 1. The Morgan fingerprint density at radius 3 is 2.25 bits per heavy atom. The molecule has 0 radical (unpaired) electrons. The van der Waals surface area contributed by atoms with Crippen LogP contribution in [0.25, 0.3) is 0 Å². The van der Waals surface area contributed by atoms with Crippen molar-refractivity contribution in [1.29, 1.82) is 0 Å². The molecular formula is C10H18IN. The zero-order chi connectivity index (χ0) is 8.93. The van der Waals surface area contributed by atoms with Crippen molar-refractivity contribution in [3.05, 3.63) is 0 Å². The maximum absolute atomic E-state index is 2.60. The van der Waals surface area contributed by atoms with Gasteiger partial charge < -0.3 is 0 Å². The molecule has 1 aliphatic carbocycles. The molecule has 3 atom stereocenters. The molecule has 2 bridgehead atoms. The molecule has 0 N–H and O–H groups in total. The summed E-state index contributed by atoms with van der Waals surface area (Å²) in [6.45, 7) is 7.14. The van der Waals surface area contributed by atoms with Crippen molar-refractivity contribution in [2.75, 3.05) is 0 Å². The molecule has 2 fully saturated rings. The molecule has 1 heterocycles. The van der Waals surface area contributed by atoms with Gasteiger partial charge in [-0.25, -0.2) is 3.11 Å². The van der Waals surface area contributed by atoms with Gasteiger partial charge in [-0.1, -0.05) is 20.8 Å². The van der Waals surface area contributed by atoms with Crippen LogP contribution in [0.3, 0.4) is 0 Å². The molecule has 2 heteroatoms. The Kier molecular flexibility index (Phi) is 2.19. The van der Waals surface area contributed by atoms with E-state index in [2.05, 4.69) is 46.7 Å². The van der Waals surface area contributed by atoms with E-state index in [0.29, 0.717) is 5.41 Å². The lowest BCUT2D eigenvalue weighted by molar-refractivity contribution is 0.152. The van der Waals surface area contributed by atoms with Gasteiger partial charge in [0, 0.05) is 34.9 Å². The van der Waals surface area contributed by atoms with Gasteiger partial charge >= 0.3 is 0 Å². The molecule has 0 amide bonds. The smallest absolute Gasteiger partial charge is 0.0274 e. The standard InChI is InChI=1S/C10H18IN/c1-10(2,3)9-7-4-5-8(6-7)12(9)11/h7-9H,4-6H2,1-3H3/t7-,8+,9?/m0/s1. The molecule has 0 spiro atoms. The molecule has 12 heavy (non-hydrogen) atoms. The van der Waals surface area contributed by atoms with Crippen LogP contribution in [0.1, 0.15) is 40.0 Å². The van der Waals surface area contributed by atoms with Crippen molar-refractivity contribution in [3.63, 3.8) is 0 Å². The summed E-state index contributed by atoms with van der Waals surface area (Å²) in [4.78, 5) is 0. The Morgan fingerprint density at radius 1 is 1.25 bits per heavy atom. The second kappa shape index (κ2) is 2.84. The van der Waals surface area contributed by atoms with E-state index in [-0.39, 0.29) is 0 Å². The van der Waals surface area contributed by atoms with Crippen molar-refractivity contribution in [1.82, 2.24) is 3.11 Å². The minimum absolute atomic E-state index is 0.473. The van der Waals surface area contributed by atoms with E-state index >= 15 is 0 Å². The zero-order valence-electron chi connectivity index (χ0n) is 8.18. The predicted octanol–water partition coefficient (Wildman–Crippen LogP) is 3.24. The van der Waals surface area contributed by atoms with Crippen LogP contribution in [0, 0.1) is 11.3 Å². The van der Waals surface area contributed by atoms with Gasteiger partial charge in [-0.2, -0.15) is 0 Å². The van der Waals surface area contributed by atoms with Gasteiger partial charge in [-0.15, -0.1) is 0 Å². The highest BCUT2D eigenvalue weighted by Crippen LogP contribution is 2.50. The summed E-state index contributed by atoms with van der Waals surface area (Å²) < 4.78 is 2.60. The molecule has 1 nitrogen and oxygen atoms in total. The minimum Gasteiger partial charge on any atom is -0.241 e. The fraction of sp³-hybridized carbons (Fsp3) is 1.00. The van der Waals surface area contributed by atoms with Crippen LogP contribution in [0.2, 0.25) is 0 Å². The van der Waals surface area contributed by atoms with Gasteiger partial charge in [-0.3, -0.25) is 0 Å². The molecule has 2 rings (SSSR count). The fourth-order valence-electron chi connectivity index (χ4n) is 3.01. The van der Waals surface area contributed by atoms with Crippen LogP contribution in [-0.2, 0) is 0 Å². The third-order valence-electron chi connectivity index (χ3n) is 3.39. The van der Waals surface area contributed by atoms with Crippen LogP contribution in [0.4, 0.5) is 0 Å². The first-order valence-electron chi connectivity index (χ1n) is 4.94. The number of hydrogen-bond acceptors (Lipinski definition) is 1. The molecule has 0 aromatic carbocycles. The number of halogens is 1. The van der Waals surface area contributed by atoms with Gasteiger partial charge in [0.2, 0.25) is 0 Å². The van der Waals surface area contributed by atoms with Crippen LogP contribution < -0.4 is 0 Å². The van der Waals surface area contributed by atoms with E-state index in [0.717, 1.165) is 18.0 Å². The van der Waals surface area contributed by atoms with Crippen molar-refractivity contribution >= 4 is 22.9 Å². The van der Waals surface area contributed by atoms with E-state index in [1.54, 1.807) is 0 Å². The number of rotatable bonds is 0. The third kappa shape index (κ3) is 1.31. The van der Waals surface area contributed by atoms with E-state index < -0.39 is 0 Å². The second-order valence-electron chi connectivity index (χ2n) is 5.38. The lowest BCUT2D eigenvalue weighted by Gasteiger charge is -2.39. The molecule has 2 aliphatic rings. The van der Waals surface area contributed by atoms with E-state index in [1.165, 1.54) is 19.3 Å². The molecule has 1 aliphatic heterocycles. The number of fused-ring (bicyclic) bond motifs is 2. The van der Waals surface area contributed by atoms with Crippen LogP contribution in [0.5, 0.6) is 0 Å².